The molecule has 1 aromatic heterocycles. The molecule has 3 aromatic rings. The minimum absolute atomic E-state index is 0.282. The second kappa shape index (κ2) is 5.73. The molecule has 0 unspecified atom stereocenters. The fourth-order valence-corrected chi connectivity index (χ4v) is 2.10. The van der Waals surface area contributed by atoms with Gasteiger partial charge in [0.2, 0.25) is 5.91 Å². The van der Waals surface area contributed by atoms with Crippen LogP contribution >= 0.6 is 0 Å². The third-order valence-corrected chi connectivity index (χ3v) is 3.22. The van der Waals surface area contributed by atoms with Crippen LogP contribution in [0.4, 0.5) is 5.69 Å². The molecule has 5 heteroatoms. The van der Waals surface area contributed by atoms with Crippen molar-refractivity contribution >= 4 is 28.8 Å². The summed E-state index contributed by atoms with van der Waals surface area (Å²) in [6.07, 6.45) is 3.18. The van der Waals surface area contributed by atoms with Gasteiger partial charge in [-0.15, -0.1) is 0 Å². The quantitative estimate of drug-likeness (QED) is 0.729. The number of carbonyl (C=O) groups is 1. The van der Waals surface area contributed by atoms with E-state index < -0.39 is 5.76 Å². The number of oxazole rings is 1. The number of amides is 1. The molecule has 5 nitrogen and oxygen atoms in total. The Kier molecular flexibility index (Phi) is 3.62. The number of carbonyl (C=O) groups excluding carboxylic acids is 1. The Bertz CT molecular complexity index is 902. The molecule has 110 valence electrons. The number of aryl methyl sites for hydroxylation is 1. The van der Waals surface area contributed by atoms with E-state index in [2.05, 4.69) is 10.3 Å². The monoisotopic (exact) mass is 294 g/mol. The number of H-pyrrole nitrogens is 1. The van der Waals surface area contributed by atoms with Crippen molar-refractivity contribution in [2.45, 2.75) is 6.92 Å². The maximum absolute atomic E-state index is 12.0. The highest BCUT2D eigenvalue weighted by Crippen LogP contribution is 2.19. The maximum atomic E-state index is 12.0. The Morgan fingerprint density at radius 3 is 2.73 bits per heavy atom. The van der Waals surface area contributed by atoms with Crippen LogP contribution in [0.3, 0.4) is 0 Å². The molecule has 1 heterocycles. The first kappa shape index (κ1) is 13.9. The van der Waals surface area contributed by atoms with Gasteiger partial charge in [0.1, 0.15) is 5.52 Å². The lowest BCUT2D eigenvalue weighted by atomic mass is 10.1. The van der Waals surface area contributed by atoms with Crippen LogP contribution in [0.2, 0.25) is 0 Å². The van der Waals surface area contributed by atoms with E-state index in [-0.39, 0.29) is 5.91 Å². The Labute approximate surface area is 126 Å². The van der Waals surface area contributed by atoms with Crippen LogP contribution in [-0.4, -0.2) is 10.9 Å². The molecule has 2 N–H and O–H groups in total. The smallest absolute Gasteiger partial charge is 0.408 e. The van der Waals surface area contributed by atoms with E-state index in [0.717, 1.165) is 11.1 Å². The third-order valence-electron chi connectivity index (χ3n) is 3.22. The molecule has 0 aliphatic carbocycles. The van der Waals surface area contributed by atoms with Crippen LogP contribution in [-0.2, 0) is 4.79 Å². The first-order chi connectivity index (χ1) is 10.6. The Morgan fingerprint density at radius 1 is 1.18 bits per heavy atom. The summed E-state index contributed by atoms with van der Waals surface area (Å²) in [6, 6.07) is 12.9. The van der Waals surface area contributed by atoms with E-state index in [1.165, 1.54) is 6.08 Å². The van der Waals surface area contributed by atoms with Gasteiger partial charge < -0.3 is 9.73 Å². The number of hydrogen-bond donors (Lipinski definition) is 2. The Morgan fingerprint density at radius 2 is 1.95 bits per heavy atom. The minimum atomic E-state index is -0.549. The molecule has 0 aliphatic heterocycles. The molecule has 0 saturated heterocycles. The summed E-state index contributed by atoms with van der Waals surface area (Å²) in [5.74, 6) is -0.831. The van der Waals surface area contributed by atoms with Gasteiger partial charge in [-0.2, -0.15) is 0 Å². The maximum Gasteiger partial charge on any atom is 0.417 e. The van der Waals surface area contributed by atoms with Gasteiger partial charge in [0.15, 0.2) is 5.58 Å². The minimum Gasteiger partial charge on any atom is -0.408 e. The number of benzene rings is 2. The largest absolute Gasteiger partial charge is 0.417 e. The van der Waals surface area contributed by atoms with E-state index >= 15 is 0 Å². The highest BCUT2D eigenvalue weighted by molar-refractivity contribution is 6.05. The van der Waals surface area contributed by atoms with E-state index in [1.54, 1.807) is 24.3 Å². The van der Waals surface area contributed by atoms with Crippen LogP contribution in [0.1, 0.15) is 11.1 Å². The van der Waals surface area contributed by atoms with Crippen LogP contribution in [0, 0.1) is 6.92 Å². The average Bonchev–Trinajstić information content (AvgIpc) is 2.88. The summed E-state index contributed by atoms with van der Waals surface area (Å²) in [4.78, 5) is 25.8. The number of para-hydroxylation sites is 1. The van der Waals surface area contributed by atoms with Crippen LogP contribution in [0.25, 0.3) is 17.2 Å². The zero-order chi connectivity index (χ0) is 15.5. The molecule has 22 heavy (non-hydrogen) atoms. The zero-order valence-corrected chi connectivity index (χ0v) is 11.9. The molecule has 0 atom stereocenters. The Hall–Kier alpha value is -3.08. The third kappa shape index (κ3) is 2.98. The average molecular weight is 294 g/mol. The molecule has 0 fully saturated rings. The van der Waals surface area contributed by atoms with E-state index in [4.69, 9.17) is 4.42 Å². The summed E-state index contributed by atoms with van der Waals surface area (Å²) < 4.78 is 4.95. The molecule has 1 amide bonds. The fourth-order valence-electron chi connectivity index (χ4n) is 2.10. The molecule has 0 radical (unpaired) electrons. The predicted molar refractivity (Wildman–Crippen MR) is 85.7 cm³/mol. The molecule has 2 aromatic carbocycles. The van der Waals surface area contributed by atoms with Gasteiger partial charge in [-0.3, -0.25) is 9.78 Å². The molecule has 0 bridgehead atoms. The van der Waals surface area contributed by atoms with Gasteiger partial charge in [0, 0.05) is 6.08 Å². The van der Waals surface area contributed by atoms with Gasteiger partial charge in [-0.1, -0.05) is 35.9 Å². The molecule has 0 spiro atoms. The van der Waals surface area contributed by atoms with Crippen LogP contribution in [0.5, 0.6) is 0 Å². The highest BCUT2D eigenvalue weighted by atomic mass is 16.4. The molecular weight excluding hydrogens is 280 g/mol. The van der Waals surface area contributed by atoms with Crippen molar-refractivity contribution in [1.82, 2.24) is 4.98 Å². The molecule has 3 rings (SSSR count). The van der Waals surface area contributed by atoms with Crippen molar-refractivity contribution in [2.75, 3.05) is 5.32 Å². The lowest BCUT2D eigenvalue weighted by Gasteiger charge is -2.02. The van der Waals surface area contributed by atoms with Gasteiger partial charge in [-0.05, 0) is 30.7 Å². The number of rotatable bonds is 3. The van der Waals surface area contributed by atoms with Gasteiger partial charge in [-0.25, -0.2) is 4.79 Å². The lowest BCUT2D eigenvalue weighted by molar-refractivity contribution is -0.111. The normalized spacial score (nSPS) is 11.1. The topological polar surface area (TPSA) is 75.1 Å². The van der Waals surface area contributed by atoms with Crippen LogP contribution in [0.15, 0.2) is 57.8 Å². The predicted octanol–water partition coefficient (Wildman–Crippen LogP) is 3.08. The highest BCUT2D eigenvalue weighted by Gasteiger charge is 2.07. The summed E-state index contributed by atoms with van der Waals surface area (Å²) >= 11 is 0. The number of hydrogen-bond acceptors (Lipinski definition) is 3. The van der Waals surface area contributed by atoms with Crippen LogP contribution < -0.4 is 11.1 Å². The summed E-state index contributed by atoms with van der Waals surface area (Å²) in [5.41, 5.74) is 3.49. The summed E-state index contributed by atoms with van der Waals surface area (Å²) in [6.45, 7) is 2.01. The van der Waals surface area contributed by atoms with Crippen molar-refractivity contribution in [2.24, 2.45) is 0 Å². The number of aromatic amines is 1. The van der Waals surface area contributed by atoms with E-state index in [0.29, 0.717) is 16.8 Å². The lowest BCUT2D eigenvalue weighted by Crippen LogP contribution is -2.08. The van der Waals surface area contributed by atoms with Gasteiger partial charge in [0.25, 0.3) is 0 Å². The van der Waals surface area contributed by atoms with Crippen molar-refractivity contribution in [3.05, 3.63) is 70.2 Å². The fraction of sp³-hybridized carbons (Fsp3) is 0.0588. The van der Waals surface area contributed by atoms with E-state index in [1.807, 2.05) is 31.2 Å². The first-order valence-electron chi connectivity index (χ1n) is 6.79. The second-order valence-corrected chi connectivity index (χ2v) is 4.93. The molecule has 0 saturated carbocycles. The number of aromatic nitrogens is 1. The Balaban J connectivity index is 1.78. The number of nitrogens with one attached hydrogen (secondary N) is 2. The van der Waals surface area contributed by atoms with Crippen molar-refractivity contribution < 1.29 is 9.21 Å². The van der Waals surface area contributed by atoms with Gasteiger partial charge in [0.05, 0.1) is 5.69 Å². The number of fused-ring (bicyclic) bond motifs is 1. The van der Waals surface area contributed by atoms with Crippen molar-refractivity contribution in [1.29, 1.82) is 0 Å². The first-order valence-corrected chi connectivity index (χ1v) is 6.79. The zero-order valence-electron chi connectivity index (χ0n) is 11.9. The van der Waals surface area contributed by atoms with Crippen molar-refractivity contribution in [3.63, 3.8) is 0 Å². The SMILES string of the molecule is Cc1ccc(/C=C/C(=O)Nc2cccc3oc(=O)[nH]c23)cc1. The molecular formula is C17H14N2O3. The second-order valence-electron chi connectivity index (χ2n) is 4.93. The summed E-state index contributed by atoms with van der Waals surface area (Å²) in [7, 11) is 0. The summed E-state index contributed by atoms with van der Waals surface area (Å²) in [5, 5.41) is 2.72. The van der Waals surface area contributed by atoms with Gasteiger partial charge >= 0.3 is 5.76 Å². The van der Waals surface area contributed by atoms with E-state index in [9.17, 15) is 9.59 Å². The standard InChI is InChI=1S/C17H14N2O3/c1-11-5-7-12(8-6-11)9-10-15(20)18-13-3-2-4-14-16(13)19-17(21)22-14/h2-10H,1H3,(H,18,20)(H,19,21)/b10-9+. The molecule has 0 aliphatic rings. The van der Waals surface area contributed by atoms with Crippen molar-refractivity contribution in [3.8, 4) is 0 Å². The number of anilines is 1.